The van der Waals surface area contributed by atoms with E-state index in [2.05, 4.69) is 0 Å². The summed E-state index contributed by atoms with van der Waals surface area (Å²) in [5.74, 6) is 1.49. The van der Waals surface area contributed by atoms with Crippen molar-refractivity contribution >= 4 is 0 Å². The molecule has 5 nitrogen and oxygen atoms in total. The van der Waals surface area contributed by atoms with Crippen LogP contribution in [0.4, 0.5) is 0 Å². The van der Waals surface area contributed by atoms with E-state index in [1.54, 1.807) is 38.3 Å². The van der Waals surface area contributed by atoms with Gasteiger partial charge in [0.05, 0.1) is 14.2 Å². The zero-order valence-corrected chi connectivity index (χ0v) is 12.8. The number of phenolic OH excluding ortho intramolecular Hbond substituents is 1. The Morgan fingerprint density at radius 1 is 0.909 bits per heavy atom. The summed E-state index contributed by atoms with van der Waals surface area (Å²) in [5, 5.41) is 20.0. The molecular formula is C17H20O5. The average Bonchev–Trinajstić information content (AvgIpc) is 2.55. The molecule has 0 heterocycles. The van der Waals surface area contributed by atoms with Crippen LogP contribution in [0.5, 0.6) is 23.0 Å². The third-order valence-corrected chi connectivity index (χ3v) is 3.37. The monoisotopic (exact) mass is 304 g/mol. The molecule has 2 aromatic rings. The number of methoxy groups -OCH3 is 2. The Kier molecular flexibility index (Phi) is 5.12. The van der Waals surface area contributed by atoms with E-state index >= 15 is 0 Å². The van der Waals surface area contributed by atoms with E-state index < -0.39 is 12.2 Å². The van der Waals surface area contributed by atoms with Crippen LogP contribution in [0.15, 0.2) is 42.5 Å². The highest BCUT2D eigenvalue weighted by Gasteiger charge is 2.20. The van der Waals surface area contributed by atoms with Gasteiger partial charge in [0, 0.05) is 0 Å². The lowest BCUT2D eigenvalue weighted by Gasteiger charge is -2.22. The minimum Gasteiger partial charge on any atom is -0.504 e. The topological polar surface area (TPSA) is 68.2 Å². The second kappa shape index (κ2) is 7.04. The van der Waals surface area contributed by atoms with E-state index in [9.17, 15) is 10.2 Å². The minimum atomic E-state index is -0.876. The lowest BCUT2D eigenvalue weighted by Crippen LogP contribution is -2.22. The number of phenols is 1. The molecule has 2 aromatic carbocycles. The van der Waals surface area contributed by atoms with E-state index in [1.165, 1.54) is 13.2 Å². The maximum absolute atomic E-state index is 10.4. The van der Waals surface area contributed by atoms with E-state index in [0.29, 0.717) is 22.8 Å². The van der Waals surface area contributed by atoms with Crippen molar-refractivity contribution in [2.24, 2.45) is 0 Å². The lowest BCUT2D eigenvalue weighted by molar-refractivity contribution is 0.0450. The summed E-state index contributed by atoms with van der Waals surface area (Å²) in [5.41, 5.74) is 0.594. The predicted molar refractivity (Wildman–Crippen MR) is 82.7 cm³/mol. The van der Waals surface area contributed by atoms with Gasteiger partial charge in [0.1, 0.15) is 12.2 Å². The molecule has 118 valence electrons. The summed E-state index contributed by atoms with van der Waals surface area (Å²) in [6, 6.07) is 11.9. The second-order valence-electron chi connectivity index (χ2n) is 4.85. The molecule has 0 unspecified atom stereocenters. The fraction of sp³-hybridized carbons (Fsp3) is 0.294. The highest BCUT2D eigenvalue weighted by molar-refractivity contribution is 5.43. The first kappa shape index (κ1) is 16.0. The third kappa shape index (κ3) is 3.43. The van der Waals surface area contributed by atoms with Gasteiger partial charge in [-0.1, -0.05) is 18.2 Å². The Labute approximate surface area is 129 Å². The maximum Gasteiger partial charge on any atom is 0.161 e. The smallest absolute Gasteiger partial charge is 0.161 e. The molecular weight excluding hydrogens is 284 g/mol. The molecule has 0 aromatic heterocycles. The lowest BCUT2D eigenvalue weighted by atomic mass is 10.0. The van der Waals surface area contributed by atoms with Gasteiger partial charge in [0.25, 0.3) is 0 Å². The molecule has 2 atom stereocenters. The van der Waals surface area contributed by atoms with Crippen LogP contribution in [0.25, 0.3) is 0 Å². The maximum atomic E-state index is 10.4. The summed E-state index contributed by atoms with van der Waals surface area (Å²) >= 11 is 0. The summed E-state index contributed by atoms with van der Waals surface area (Å²) in [7, 11) is 3.02. The fourth-order valence-corrected chi connectivity index (χ4v) is 2.13. The van der Waals surface area contributed by atoms with Crippen LogP contribution in [0.3, 0.4) is 0 Å². The Bertz CT molecular complexity index is 626. The van der Waals surface area contributed by atoms with Gasteiger partial charge in [-0.2, -0.15) is 0 Å². The first-order chi connectivity index (χ1) is 10.6. The summed E-state index contributed by atoms with van der Waals surface area (Å²) in [4.78, 5) is 0. The van der Waals surface area contributed by atoms with Crippen molar-refractivity contribution < 1.29 is 24.4 Å². The zero-order chi connectivity index (χ0) is 16.1. The third-order valence-electron chi connectivity index (χ3n) is 3.37. The van der Waals surface area contributed by atoms with Gasteiger partial charge >= 0.3 is 0 Å². The Morgan fingerprint density at radius 3 is 2.18 bits per heavy atom. The molecule has 0 aliphatic heterocycles. The van der Waals surface area contributed by atoms with Crippen LogP contribution in [-0.2, 0) is 0 Å². The van der Waals surface area contributed by atoms with E-state index in [0.717, 1.165) is 0 Å². The molecule has 2 rings (SSSR count). The van der Waals surface area contributed by atoms with Crippen molar-refractivity contribution in [1.82, 2.24) is 0 Å². The van der Waals surface area contributed by atoms with Crippen LogP contribution in [0.1, 0.15) is 18.6 Å². The van der Waals surface area contributed by atoms with Crippen molar-refractivity contribution in [1.29, 1.82) is 0 Å². The molecule has 5 heteroatoms. The van der Waals surface area contributed by atoms with Crippen molar-refractivity contribution in [3.05, 3.63) is 48.0 Å². The Hall–Kier alpha value is -2.40. The van der Waals surface area contributed by atoms with Gasteiger partial charge in [0.15, 0.2) is 23.0 Å². The first-order valence-corrected chi connectivity index (χ1v) is 6.91. The average molecular weight is 304 g/mol. The number of aliphatic hydroxyl groups excluding tert-OH is 1. The van der Waals surface area contributed by atoms with Crippen LogP contribution in [0.2, 0.25) is 0 Å². The van der Waals surface area contributed by atoms with Crippen molar-refractivity contribution in [2.75, 3.05) is 14.2 Å². The second-order valence-corrected chi connectivity index (χ2v) is 4.85. The van der Waals surface area contributed by atoms with Crippen molar-refractivity contribution in [2.45, 2.75) is 19.1 Å². The fourth-order valence-electron chi connectivity index (χ4n) is 2.13. The molecule has 0 aliphatic rings. The first-order valence-electron chi connectivity index (χ1n) is 6.91. The molecule has 2 N–H and O–H groups in total. The summed E-state index contributed by atoms with van der Waals surface area (Å²) < 4.78 is 16.1. The van der Waals surface area contributed by atoms with Gasteiger partial charge < -0.3 is 24.4 Å². The number of hydrogen-bond donors (Lipinski definition) is 2. The largest absolute Gasteiger partial charge is 0.504 e. The van der Waals surface area contributed by atoms with Gasteiger partial charge in [-0.15, -0.1) is 0 Å². The molecule has 0 aliphatic carbocycles. The van der Waals surface area contributed by atoms with Gasteiger partial charge in [-0.3, -0.25) is 0 Å². The number of rotatable bonds is 6. The highest BCUT2D eigenvalue weighted by atomic mass is 16.5. The number of benzene rings is 2. The number of aliphatic hydroxyl groups is 1. The quantitative estimate of drug-likeness (QED) is 0.859. The van der Waals surface area contributed by atoms with Crippen molar-refractivity contribution in [3.8, 4) is 23.0 Å². The molecule has 0 spiro atoms. The van der Waals surface area contributed by atoms with Crippen LogP contribution in [0, 0.1) is 0 Å². The molecule has 0 amide bonds. The summed E-state index contributed by atoms with van der Waals surface area (Å²) in [6.07, 6.45) is -1.38. The molecule has 0 fully saturated rings. The highest BCUT2D eigenvalue weighted by Crippen LogP contribution is 2.33. The van der Waals surface area contributed by atoms with Crippen LogP contribution < -0.4 is 14.2 Å². The number of para-hydroxylation sites is 2. The van der Waals surface area contributed by atoms with Gasteiger partial charge in [0.2, 0.25) is 0 Å². The number of ether oxygens (including phenoxy) is 3. The number of aromatic hydroxyl groups is 1. The molecule has 0 bridgehead atoms. The molecule has 0 saturated carbocycles. The Balaban J connectivity index is 2.16. The minimum absolute atomic E-state index is 0.0248. The number of hydrogen-bond acceptors (Lipinski definition) is 5. The normalized spacial score (nSPS) is 13.3. The molecule has 0 radical (unpaired) electrons. The van der Waals surface area contributed by atoms with Gasteiger partial charge in [-0.25, -0.2) is 0 Å². The Morgan fingerprint density at radius 2 is 1.55 bits per heavy atom. The van der Waals surface area contributed by atoms with Gasteiger partial charge in [-0.05, 0) is 36.8 Å². The summed E-state index contributed by atoms with van der Waals surface area (Å²) in [6.45, 7) is 1.76. The van der Waals surface area contributed by atoms with Crippen LogP contribution in [-0.4, -0.2) is 30.5 Å². The SMILES string of the molecule is COc1cc([C@H](O)[C@H](C)Oc2ccccc2OC)ccc1O. The zero-order valence-electron chi connectivity index (χ0n) is 12.8. The van der Waals surface area contributed by atoms with Crippen LogP contribution >= 0.6 is 0 Å². The van der Waals surface area contributed by atoms with E-state index in [1.807, 2.05) is 12.1 Å². The van der Waals surface area contributed by atoms with E-state index in [4.69, 9.17) is 14.2 Å². The van der Waals surface area contributed by atoms with E-state index in [-0.39, 0.29) is 5.75 Å². The standard InChI is InChI=1S/C17H20O5/c1-11(22-15-7-5-4-6-14(15)20-2)17(19)12-8-9-13(18)16(10-12)21-3/h4-11,17-19H,1-3H3/t11-,17+/m0/s1. The molecule has 0 saturated heterocycles. The molecule has 22 heavy (non-hydrogen) atoms. The van der Waals surface area contributed by atoms with Crippen molar-refractivity contribution in [3.63, 3.8) is 0 Å². The predicted octanol–water partition coefficient (Wildman–Crippen LogP) is 2.91.